The number of methoxy groups -OCH3 is 2. The van der Waals surface area contributed by atoms with Crippen molar-refractivity contribution in [1.29, 1.82) is 0 Å². The standard InChI is InChI=1S/C23H18ClN3O4S.C16H11BrClN3O2/c1-31-23(28)20-13-22(27(26-20)21-9-4-3-8-18(21)24)19-11-10-16(14-25-19)15-6-5-7-17(12-15)32(2,29)30;1-23-16(22)13-8-15(12-7-6-10(17)9-19-12)21(20-13)14-5-3-2-4-11(14)18/h3-14H,1-2H3;2-9H,1H3. The molecule has 0 aliphatic rings. The number of aromatic nitrogens is 6. The molecule has 55 heavy (non-hydrogen) atoms. The summed E-state index contributed by atoms with van der Waals surface area (Å²) in [5, 5.41) is 9.65. The van der Waals surface area contributed by atoms with Gasteiger partial charge in [-0.1, -0.05) is 65.7 Å². The summed E-state index contributed by atoms with van der Waals surface area (Å²) < 4.78 is 37.3. The van der Waals surface area contributed by atoms with Crippen LogP contribution in [0.2, 0.25) is 10.0 Å². The van der Waals surface area contributed by atoms with Gasteiger partial charge in [0.2, 0.25) is 0 Å². The average molecular weight is 861 g/mol. The number of halogens is 3. The van der Waals surface area contributed by atoms with Crippen LogP contribution in [-0.4, -0.2) is 70.4 Å². The molecule has 4 aromatic heterocycles. The molecule has 0 fully saturated rings. The molecular formula is C39H29BrCl2N6O6S. The van der Waals surface area contributed by atoms with E-state index in [4.69, 9.17) is 32.7 Å². The van der Waals surface area contributed by atoms with Crippen LogP contribution in [0.1, 0.15) is 21.0 Å². The number of carbonyl (C=O) groups is 2. The fourth-order valence-corrected chi connectivity index (χ4v) is 6.63. The van der Waals surface area contributed by atoms with Crippen LogP contribution < -0.4 is 0 Å². The highest BCUT2D eigenvalue weighted by Crippen LogP contribution is 2.30. The fraction of sp³-hybridized carbons (Fsp3) is 0.0769. The van der Waals surface area contributed by atoms with Gasteiger partial charge in [-0.25, -0.2) is 27.4 Å². The normalized spacial score (nSPS) is 11.0. The predicted octanol–water partition coefficient (Wildman–Crippen LogP) is 8.58. The fourth-order valence-electron chi connectivity index (χ4n) is 5.30. The second-order valence-corrected chi connectivity index (χ2v) is 15.4. The third-order valence-corrected chi connectivity index (χ3v) is 10.2. The van der Waals surface area contributed by atoms with E-state index in [9.17, 15) is 18.0 Å². The molecule has 0 aliphatic heterocycles. The van der Waals surface area contributed by atoms with Crippen molar-refractivity contribution in [3.8, 4) is 45.3 Å². The van der Waals surface area contributed by atoms with Crippen molar-refractivity contribution in [2.24, 2.45) is 0 Å². The third kappa shape index (κ3) is 8.84. The minimum absolute atomic E-state index is 0.120. The summed E-state index contributed by atoms with van der Waals surface area (Å²) in [6.07, 6.45) is 4.48. The van der Waals surface area contributed by atoms with Gasteiger partial charge in [0, 0.05) is 40.8 Å². The van der Waals surface area contributed by atoms with Crippen molar-refractivity contribution >= 4 is 60.9 Å². The first kappa shape index (κ1) is 39.0. The minimum Gasteiger partial charge on any atom is -0.464 e. The van der Waals surface area contributed by atoms with E-state index in [2.05, 4.69) is 36.1 Å². The summed E-state index contributed by atoms with van der Waals surface area (Å²) in [5.41, 5.74) is 5.43. The smallest absolute Gasteiger partial charge is 0.358 e. The molecule has 0 N–H and O–H groups in total. The largest absolute Gasteiger partial charge is 0.464 e. The molecule has 16 heteroatoms. The number of sulfone groups is 1. The van der Waals surface area contributed by atoms with Gasteiger partial charge in [0.05, 0.1) is 63.3 Å². The van der Waals surface area contributed by atoms with Crippen LogP contribution in [0.5, 0.6) is 0 Å². The van der Waals surface area contributed by atoms with Gasteiger partial charge in [-0.3, -0.25) is 9.97 Å². The van der Waals surface area contributed by atoms with E-state index in [0.29, 0.717) is 44.2 Å². The molecule has 4 heterocycles. The zero-order chi connectivity index (χ0) is 39.3. The lowest BCUT2D eigenvalue weighted by Crippen LogP contribution is -2.05. The van der Waals surface area contributed by atoms with Crippen LogP contribution in [0, 0.1) is 0 Å². The molecular weight excluding hydrogens is 831 g/mol. The zero-order valence-corrected chi connectivity index (χ0v) is 33.1. The Morgan fingerprint density at radius 3 is 1.58 bits per heavy atom. The Morgan fingerprint density at radius 1 is 0.636 bits per heavy atom. The van der Waals surface area contributed by atoms with Crippen molar-refractivity contribution in [3.63, 3.8) is 0 Å². The Hall–Kier alpha value is -5.67. The van der Waals surface area contributed by atoms with Crippen molar-refractivity contribution in [3.05, 3.63) is 147 Å². The molecule has 7 aromatic rings. The first-order valence-corrected chi connectivity index (χ1v) is 19.6. The summed E-state index contributed by atoms with van der Waals surface area (Å²) in [5.74, 6) is -1.10. The van der Waals surface area contributed by atoms with Gasteiger partial charge >= 0.3 is 11.9 Å². The van der Waals surface area contributed by atoms with E-state index in [0.717, 1.165) is 15.6 Å². The molecule has 0 aliphatic carbocycles. The molecule has 0 unspecified atom stereocenters. The van der Waals surface area contributed by atoms with Crippen LogP contribution in [-0.2, 0) is 19.3 Å². The number of carbonyl (C=O) groups excluding carboxylic acids is 2. The molecule has 7 rings (SSSR count). The first-order valence-electron chi connectivity index (χ1n) is 16.1. The maximum Gasteiger partial charge on any atom is 0.358 e. The highest BCUT2D eigenvalue weighted by atomic mass is 79.9. The third-order valence-electron chi connectivity index (χ3n) is 7.98. The summed E-state index contributed by atoms with van der Waals surface area (Å²) in [4.78, 5) is 33.0. The first-order chi connectivity index (χ1) is 26.4. The summed E-state index contributed by atoms with van der Waals surface area (Å²) >= 11 is 16.0. The van der Waals surface area contributed by atoms with Crippen LogP contribution in [0.15, 0.2) is 131 Å². The van der Waals surface area contributed by atoms with E-state index in [1.807, 2.05) is 48.5 Å². The lowest BCUT2D eigenvalue weighted by Gasteiger charge is -2.09. The van der Waals surface area contributed by atoms with Gasteiger partial charge in [0.1, 0.15) is 0 Å². The second kappa shape index (κ2) is 16.8. The Balaban J connectivity index is 0.000000197. The summed E-state index contributed by atoms with van der Waals surface area (Å²) in [6, 6.07) is 31.5. The number of benzene rings is 3. The molecule has 0 radical (unpaired) electrons. The number of ether oxygens (including phenoxy) is 2. The molecule has 0 saturated heterocycles. The van der Waals surface area contributed by atoms with E-state index in [1.54, 1.807) is 82.4 Å². The minimum atomic E-state index is -3.32. The van der Waals surface area contributed by atoms with Gasteiger partial charge < -0.3 is 9.47 Å². The monoisotopic (exact) mass is 858 g/mol. The molecule has 0 atom stereocenters. The van der Waals surface area contributed by atoms with Crippen LogP contribution in [0.4, 0.5) is 0 Å². The number of pyridine rings is 2. The van der Waals surface area contributed by atoms with E-state index < -0.39 is 21.8 Å². The Bertz CT molecular complexity index is 2630. The molecule has 12 nitrogen and oxygen atoms in total. The lowest BCUT2D eigenvalue weighted by atomic mass is 10.1. The summed E-state index contributed by atoms with van der Waals surface area (Å²) in [7, 11) is -0.721. The predicted molar refractivity (Wildman–Crippen MR) is 213 cm³/mol. The number of para-hydroxylation sites is 2. The van der Waals surface area contributed by atoms with Crippen molar-refractivity contribution in [1.82, 2.24) is 29.5 Å². The number of nitrogens with zero attached hydrogens (tertiary/aromatic N) is 6. The average Bonchev–Trinajstić information content (AvgIpc) is 3.84. The molecule has 0 amide bonds. The molecule has 0 spiro atoms. The van der Waals surface area contributed by atoms with Gasteiger partial charge in [-0.15, -0.1) is 0 Å². The Morgan fingerprint density at radius 2 is 1.15 bits per heavy atom. The zero-order valence-electron chi connectivity index (χ0n) is 29.2. The van der Waals surface area contributed by atoms with Crippen LogP contribution >= 0.6 is 39.1 Å². The van der Waals surface area contributed by atoms with Crippen LogP contribution in [0.25, 0.3) is 45.3 Å². The highest BCUT2D eigenvalue weighted by molar-refractivity contribution is 9.10. The number of hydrogen-bond donors (Lipinski definition) is 0. The number of hydrogen-bond acceptors (Lipinski definition) is 10. The quantitative estimate of drug-likeness (QED) is 0.136. The lowest BCUT2D eigenvalue weighted by molar-refractivity contribution is 0.0584. The highest BCUT2D eigenvalue weighted by Gasteiger charge is 2.21. The van der Waals surface area contributed by atoms with E-state index in [1.165, 1.54) is 20.5 Å². The van der Waals surface area contributed by atoms with E-state index in [-0.39, 0.29) is 16.3 Å². The van der Waals surface area contributed by atoms with Gasteiger partial charge in [0.25, 0.3) is 0 Å². The second-order valence-electron chi connectivity index (χ2n) is 11.6. The maximum atomic E-state index is 12.1. The number of rotatable bonds is 8. The van der Waals surface area contributed by atoms with Gasteiger partial charge in [0.15, 0.2) is 21.2 Å². The summed E-state index contributed by atoms with van der Waals surface area (Å²) in [6.45, 7) is 0. The Labute approximate surface area is 334 Å². The van der Waals surface area contributed by atoms with Gasteiger partial charge in [-0.2, -0.15) is 10.2 Å². The van der Waals surface area contributed by atoms with Crippen molar-refractivity contribution < 1.29 is 27.5 Å². The topological polar surface area (TPSA) is 148 Å². The van der Waals surface area contributed by atoms with Crippen LogP contribution in [0.3, 0.4) is 0 Å². The van der Waals surface area contributed by atoms with E-state index >= 15 is 0 Å². The number of esters is 2. The maximum absolute atomic E-state index is 12.1. The van der Waals surface area contributed by atoms with Crippen molar-refractivity contribution in [2.75, 3.05) is 20.5 Å². The molecule has 0 bridgehead atoms. The molecule has 0 saturated carbocycles. The molecule has 278 valence electrons. The SMILES string of the molecule is COC(=O)c1cc(-c2ccc(-c3cccc(S(C)(=O)=O)c3)cn2)n(-c2ccccc2Cl)n1.COC(=O)c1cc(-c2ccc(Br)cn2)n(-c2ccccc2Cl)n1. The van der Waals surface area contributed by atoms with Gasteiger partial charge in [-0.05, 0) is 76.1 Å². The molecule has 3 aromatic carbocycles. The Kier molecular flexibility index (Phi) is 11.9. The van der Waals surface area contributed by atoms with Crippen molar-refractivity contribution in [2.45, 2.75) is 4.90 Å².